The largest absolute Gasteiger partial charge is 0.459 e. The molecule has 13 heteroatoms. The van der Waals surface area contributed by atoms with E-state index >= 15 is 0 Å². The number of aliphatic hydroxyl groups excluding tert-OH is 1. The van der Waals surface area contributed by atoms with Crippen molar-refractivity contribution in [2.45, 2.75) is 39.4 Å². The van der Waals surface area contributed by atoms with Gasteiger partial charge in [0.15, 0.2) is 5.76 Å². The molecule has 272 valence electrons. The van der Waals surface area contributed by atoms with Crippen LogP contribution in [-0.4, -0.2) is 79.2 Å². The van der Waals surface area contributed by atoms with Crippen LogP contribution >= 0.6 is 11.6 Å². The molecule has 0 spiro atoms. The standard InChI is InChI=1S/C39H40ClN3O9/c1-4-51-39-29(13-15-49-17-18-50-16-14-44)30(32-22-42(24(3)45)34-8-6-5-7-27(32)34)21-35(52-39)36(46)41-26-10-12-33(23(2)19-26)43-37(47)28-11-9-25(40)20-31(28)38(43)48/h5-12,19-22,29-30,39,44H,4,13-18H2,1-3H3,(H,41,46)/t29-,30+,39-/m0/s1. The number of ether oxygens (including phenoxy) is 4. The number of carbonyl (C=O) groups excluding carboxylic acids is 4. The topological polar surface area (TPSA) is 146 Å². The number of carbonyl (C=O) groups is 4. The molecule has 0 radical (unpaired) electrons. The molecule has 4 aromatic rings. The summed E-state index contributed by atoms with van der Waals surface area (Å²) in [5, 5.41) is 13.1. The summed E-state index contributed by atoms with van der Waals surface area (Å²) in [6, 6.07) is 17.1. The zero-order valence-electron chi connectivity index (χ0n) is 29.1. The lowest BCUT2D eigenvalue weighted by Gasteiger charge is -2.36. The van der Waals surface area contributed by atoms with Crippen LogP contribution in [0.25, 0.3) is 10.9 Å². The van der Waals surface area contributed by atoms with Gasteiger partial charge in [0.1, 0.15) is 0 Å². The molecular weight excluding hydrogens is 690 g/mol. The fourth-order valence-electron chi connectivity index (χ4n) is 6.74. The first-order valence-corrected chi connectivity index (χ1v) is 17.5. The molecule has 0 unspecified atom stereocenters. The number of aryl methyl sites for hydroxylation is 1. The molecule has 0 saturated heterocycles. The summed E-state index contributed by atoms with van der Waals surface area (Å²) in [6.45, 7) is 6.60. The van der Waals surface area contributed by atoms with Gasteiger partial charge in [0, 0.05) is 54.3 Å². The fraction of sp³-hybridized carbons (Fsp3) is 0.333. The fourth-order valence-corrected chi connectivity index (χ4v) is 6.91. The summed E-state index contributed by atoms with van der Waals surface area (Å²) in [5.41, 5.74) is 3.48. The number of aromatic nitrogens is 1. The van der Waals surface area contributed by atoms with Gasteiger partial charge in [-0.25, -0.2) is 4.90 Å². The van der Waals surface area contributed by atoms with Crippen LogP contribution in [-0.2, 0) is 23.7 Å². The quantitative estimate of drug-likeness (QED) is 0.116. The minimum atomic E-state index is -0.819. The Hall–Kier alpha value is -4.85. The van der Waals surface area contributed by atoms with Crippen molar-refractivity contribution in [3.8, 4) is 0 Å². The molecule has 3 atom stereocenters. The maximum atomic E-state index is 13.9. The van der Waals surface area contributed by atoms with Gasteiger partial charge < -0.3 is 29.4 Å². The number of amides is 3. The number of aliphatic hydroxyl groups is 1. The summed E-state index contributed by atoms with van der Waals surface area (Å²) in [6.07, 6.45) is 3.26. The van der Waals surface area contributed by atoms with E-state index in [9.17, 15) is 19.2 Å². The lowest BCUT2D eigenvalue weighted by Crippen LogP contribution is -2.38. The highest BCUT2D eigenvalue weighted by atomic mass is 35.5. The van der Waals surface area contributed by atoms with E-state index in [1.165, 1.54) is 19.1 Å². The summed E-state index contributed by atoms with van der Waals surface area (Å²) >= 11 is 6.08. The number of nitrogens with zero attached hydrogens (tertiary/aromatic N) is 2. The van der Waals surface area contributed by atoms with E-state index in [2.05, 4.69) is 5.32 Å². The lowest BCUT2D eigenvalue weighted by atomic mass is 9.81. The highest BCUT2D eigenvalue weighted by Crippen LogP contribution is 2.42. The highest BCUT2D eigenvalue weighted by molar-refractivity contribution is 6.37. The van der Waals surface area contributed by atoms with Crippen LogP contribution in [0, 0.1) is 12.8 Å². The average molecular weight is 730 g/mol. The van der Waals surface area contributed by atoms with Crippen molar-refractivity contribution in [1.82, 2.24) is 4.57 Å². The molecule has 6 rings (SSSR count). The maximum absolute atomic E-state index is 13.9. The molecule has 1 aromatic heterocycles. The van der Waals surface area contributed by atoms with Crippen molar-refractivity contribution < 1.29 is 43.2 Å². The second-order valence-electron chi connectivity index (χ2n) is 12.5. The van der Waals surface area contributed by atoms with E-state index < -0.39 is 29.9 Å². The molecule has 0 aliphatic carbocycles. The number of allylic oxidation sites excluding steroid dienone is 1. The number of benzene rings is 3. The van der Waals surface area contributed by atoms with Crippen molar-refractivity contribution in [2.75, 3.05) is 49.9 Å². The summed E-state index contributed by atoms with van der Waals surface area (Å²) < 4.78 is 25.1. The SMILES string of the molecule is CCO[C@H]1OC(C(=O)Nc2ccc(N3C(=O)c4ccc(Cl)cc4C3=O)c(C)c2)=C[C@@H](c2cn(C(C)=O)c3ccccc23)[C@@H]1CCOCCOCCO. The Labute approximate surface area is 305 Å². The van der Waals surface area contributed by atoms with Crippen LogP contribution in [0.3, 0.4) is 0 Å². The molecule has 2 N–H and O–H groups in total. The maximum Gasteiger partial charge on any atom is 0.290 e. The predicted molar refractivity (Wildman–Crippen MR) is 195 cm³/mol. The molecule has 3 amide bonds. The number of hydrogen-bond acceptors (Lipinski definition) is 9. The van der Waals surface area contributed by atoms with Crippen molar-refractivity contribution in [3.05, 3.63) is 106 Å². The number of hydrogen-bond donors (Lipinski definition) is 2. The Morgan fingerprint density at radius 3 is 2.44 bits per heavy atom. The van der Waals surface area contributed by atoms with E-state index in [1.807, 2.05) is 37.4 Å². The summed E-state index contributed by atoms with van der Waals surface area (Å²) in [5.74, 6) is -2.26. The van der Waals surface area contributed by atoms with Gasteiger partial charge in [-0.2, -0.15) is 0 Å². The van der Waals surface area contributed by atoms with Gasteiger partial charge in [-0.1, -0.05) is 29.8 Å². The van der Waals surface area contributed by atoms with Crippen LogP contribution in [0.15, 0.2) is 78.7 Å². The number of para-hydroxylation sites is 1. The second-order valence-corrected chi connectivity index (χ2v) is 12.9. The van der Waals surface area contributed by atoms with Crippen molar-refractivity contribution in [2.24, 2.45) is 5.92 Å². The molecule has 52 heavy (non-hydrogen) atoms. The molecule has 2 aliphatic rings. The smallest absolute Gasteiger partial charge is 0.290 e. The molecule has 0 bridgehead atoms. The molecule has 0 saturated carbocycles. The first-order chi connectivity index (χ1) is 25.1. The molecule has 2 aliphatic heterocycles. The molecular formula is C39H40ClN3O9. The minimum Gasteiger partial charge on any atom is -0.459 e. The number of halogens is 1. The van der Waals surface area contributed by atoms with Crippen LogP contribution in [0.1, 0.15) is 62.8 Å². The Morgan fingerprint density at radius 2 is 1.71 bits per heavy atom. The van der Waals surface area contributed by atoms with Crippen LogP contribution < -0.4 is 10.2 Å². The molecule has 3 aromatic carbocycles. The molecule has 3 heterocycles. The number of nitrogens with one attached hydrogen (secondary N) is 1. The summed E-state index contributed by atoms with van der Waals surface area (Å²) in [4.78, 5) is 54.0. The van der Waals surface area contributed by atoms with Crippen molar-refractivity contribution in [3.63, 3.8) is 0 Å². The molecule has 12 nitrogen and oxygen atoms in total. The zero-order chi connectivity index (χ0) is 36.9. The lowest BCUT2D eigenvalue weighted by molar-refractivity contribution is -0.166. The van der Waals surface area contributed by atoms with Gasteiger partial charge in [-0.05, 0) is 79.9 Å². The van der Waals surface area contributed by atoms with Crippen LogP contribution in [0.5, 0.6) is 0 Å². The third kappa shape index (κ3) is 7.52. The monoisotopic (exact) mass is 729 g/mol. The number of fused-ring (bicyclic) bond motifs is 2. The van der Waals surface area contributed by atoms with E-state index in [1.54, 1.807) is 41.8 Å². The second kappa shape index (κ2) is 16.2. The zero-order valence-corrected chi connectivity index (χ0v) is 29.9. The van der Waals surface area contributed by atoms with Crippen molar-refractivity contribution >= 4 is 57.5 Å². The van der Waals surface area contributed by atoms with E-state index in [0.717, 1.165) is 21.4 Å². The third-order valence-corrected chi connectivity index (χ3v) is 9.36. The Balaban J connectivity index is 1.28. The predicted octanol–water partition coefficient (Wildman–Crippen LogP) is 6.09. The minimum absolute atomic E-state index is 0.0386. The average Bonchev–Trinajstić information content (AvgIpc) is 3.63. The van der Waals surface area contributed by atoms with Gasteiger partial charge in [-0.3, -0.25) is 23.7 Å². The van der Waals surface area contributed by atoms with Gasteiger partial charge >= 0.3 is 0 Å². The van der Waals surface area contributed by atoms with Crippen LogP contribution in [0.4, 0.5) is 11.4 Å². The normalized spacial score (nSPS) is 18.4. The highest BCUT2D eigenvalue weighted by Gasteiger charge is 2.40. The Morgan fingerprint density at radius 1 is 0.962 bits per heavy atom. The summed E-state index contributed by atoms with van der Waals surface area (Å²) in [7, 11) is 0. The van der Waals surface area contributed by atoms with Gasteiger partial charge in [-0.15, -0.1) is 0 Å². The number of rotatable bonds is 14. The van der Waals surface area contributed by atoms with Crippen molar-refractivity contribution in [1.29, 1.82) is 0 Å². The van der Waals surface area contributed by atoms with Crippen LogP contribution in [0.2, 0.25) is 5.02 Å². The third-order valence-electron chi connectivity index (χ3n) is 9.13. The van der Waals surface area contributed by atoms with E-state index in [0.29, 0.717) is 54.8 Å². The van der Waals surface area contributed by atoms with Gasteiger partial charge in [0.25, 0.3) is 17.7 Å². The number of anilines is 2. The van der Waals surface area contributed by atoms with Gasteiger partial charge in [0.05, 0.1) is 48.8 Å². The first kappa shape index (κ1) is 36.9. The Bertz CT molecular complexity index is 2040. The van der Waals surface area contributed by atoms with E-state index in [-0.39, 0.29) is 41.9 Å². The number of imide groups is 1. The van der Waals surface area contributed by atoms with E-state index in [4.69, 9.17) is 35.7 Å². The first-order valence-electron chi connectivity index (χ1n) is 17.1. The van der Waals surface area contributed by atoms with Gasteiger partial charge in [0.2, 0.25) is 12.2 Å². The Kier molecular flexibility index (Phi) is 11.5. The molecule has 0 fully saturated rings.